The van der Waals surface area contributed by atoms with Crippen molar-refractivity contribution in [3.8, 4) is 0 Å². The van der Waals surface area contributed by atoms with E-state index in [2.05, 4.69) is 81.4 Å². The smallest absolute Gasteiger partial charge is 0.183 e. The van der Waals surface area contributed by atoms with Gasteiger partial charge in [-0.1, -0.05) is 57.0 Å². The van der Waals surface area contributed by atoms with Crippen molar-refractivity contribution in [2.24, 2.45) is 5.92 Å². The number of rotatable bonds is 7. The molecule has 1 aromatic heterocycles. The number of hydrogen-bond acceptors (Lipinski definition) is 2. The van der Waals surface area contributed by atoms with Crippen LogP contribution in [0.1, 0.15) is 44.1 Å². The van der Waals surface area contributed by atoms with E-state index in [-0.39, 0.29) is 0 Å². The van der Waals surface area contributed by atoms with Crippen molar-refractivity contribution >= 4 is 31.9 Å². The zero-order valence-corrected chi connectivity index (χ0v) is 15.6. The fourth-order valence-electron chi connectivity index (χ4n) is 2.67. The molecule has 0 aliphatic rings. The highest BCUT2D eigenvalue weighted by Gasteiger charge is 2.20. The standard InChI is InChI=1S/C17H21Br2NO/c1-3-12(4-2)16(13-8-6-5-7-9-13)20-11-14-10-15(18)17(19)21-14/h5-10,12,16,20H,3-4,11H2,1-2H3. The Morgan fingerprint density at radius 3 is 2.29 bits per heavy atom. The predicted octanol–water partition coefficient (Wildman–Crippen LogP) is 6.07. The summed E-state index contributed by atoms with van der Waals surface area (Å²) in [5.74, 6) is 1.55. The van der Waals surface area contributed by atoms with Crippen molar-refractivity contribution in [3.63, 3.8) is 0 Å². The summed E-state index contributed by atoms with van der Waals surface area (Å²) < 4.78 is 7.36. The van der Waals surface area contributed by atoms with Gasteiger partial charge in [0.05, 0.1) is 11.0 Å². The Balaban J connectivity index is 2.12. The lowest BCUT2D eigenvalue weighted by Gasteiger charge is -2.26. The molecular weight excluding hydrogens is 394 g/mol. The average molecular weight is 415 g/mol. The first-order valence-corrected chi connectivity index (χ1v) is 8.96. The maximum atomic E-state index is 5.65. The first kappa shape index (κ1) is 16.8. The number of hydrogen-bond donors (Lipinski definition) is 1. The largest absolute Gasteiger partial charge is 0.452 e. The first-order valence-electron chi connectivity index (χ1n) is 7.37. The van der Waals surface area contributed by atoms with Gasteiger partial charge in [-0.15, -0.1) is 0 Å². The monoisotopic (exact) mass is 413 g/mol. The summed E-state index contributed by atoms with van der Waals surface area (Å²) in [4.78, 5) is 0. The van der Waals surface area contributed by atoms with Crippen LogP contribution in [0.25, 0.3) is 0 Å². The molecule has 1 N–H and O–H groups in total. The zero-order chi connectivity index (χ0) is 15.2. The van der Waals surface area contributed by atoms with Crippen LogP contribution in [0.2, 0.25) is 0 Å². The molecule has 0 fully saturated rings. The molecule has 0 aliphatic carbocycles. The third kappa shape index (κ3) is 4.44. The maximum absolute atomic E-state index is 5.65. The Kier molecular flexibility index (Phi) is 6.52. The van der Waals surface area contributed by atoms with Gasteiger partial charge < -0.3 is 9.73 Å². The van der Waals surface area contributed by atoms with Crippen molar-refractivity contribution in [2.75, 3.05) is 0 Å². The van der Waals surface area contributed by atoms with Crippen molar-refractivity contribution in [1.29, 1.82) is 0 Å². The summed E-state index contributed by atoms with van der Waals surface area (Å²) in [7, 11) is 0. The fraction of sp³-hybridized carbons (Fsp3) is 0.412. The van der Waals surface area contributed by atoms with E-state index in [1.807, 2.05) is 6.07 Å². The van der Waals surface area contributed by atoms with Crippen molar-refractivity contribution in [2.45, 2.75) is 39.3 Å². The van der Waals surface area contributed by atoms with Crippen LogP contribution in [0.5, 0.6) is 0 Å². The molecule has 0 amide bonds. The Labute approximate surface area is 143 Å². The highest BCUT2D eigenvalue weighted by Crippen LogP contribution is 2.30. The number of nitrogens with one attached hydrogen (secondary N) is 1. The average Bonchev–Trinajstić information content (AvgIpc) is 2.83. The fourth-order valence-corrected chi connectivity index (χ4v) is 3.32. The molecule has 1 aromatic carbocycles. The highest BCUT2D eigenvalue weighted by molar-refractivity contribution is 9.13. The van der Waals surface area contributed by atoms with Crippen LogP contribution in [0.15, 0.2) is 50.0 Å². The summed E-state index contributed by atoms with van der Waals surface area (Å²) in [5, 5.41) is 3.66. The van der Waals surface area contributed by atoms with Gasteiger partial charge in [0.15, 0.2) is 4.67 Å². The van der Waals surface area contributed by atoms with Gasteiger partial charge in [-0.25, -0.2) is 0 Å². The summed E-state index contributed by atoms with van der Waals surface area (Å²) in [6, 6.07) is 13.0. The quantitative estimate of drug-likeness (QED) is 0.594. The van der Waals surface area contributed by atoms with Gasteiger partial charge in [-0.3, -0.25) is 0 Å². The van der Waals surface area contributed by atoms with E-state index in [1.165, 1.54) is 5.56 Å². The second-order valence-electron chi connectivity index (χ2n) is 5.18. The van der Waals surface area contributed by atoms with Gasteiger partial charge in [0.1, 0.15) is 5.76 Å². The molecule has 2 nitrogen and oxygen atoms in total. The van der Waals surface area contributed by atoms with E-state index in [4.69, 9.17) is 4.42 Å². The molecule has 1 atom stereocenters. The van der Waals surface area contributed by atoms with Gasteiger partial charge in [0.2, 0.25) is 0 Å². The lowest BCUT2D eigenvalue weighted by molar-refractivity contribution is 0.326. The predicted molar refractivity (Wildman–Crippen MR) is 94.2 cm³/mol. The molecule has 2 aromatic rings. The molecule has 114 valence electrons. The van der Waals surface area contributed by atoms with E-state index in [9.17, 15) is 0 Å². The molecule has 0 radical (unpaired) electrons. The molecule has 0 saturated heterocycles. The number of halogens is 2. The van der Waals surface area contributed by atoms with E-state index >= 15 is 0 Å². The highest BCUT2D eigenvalue weighted by atomic mass is 79.9. The third-order valence-corrected chi connectivity index (χ3v) is 5.58. The van der Waals surface area contributed by atoms with Crippen molar-refractivity contribution < 1.29 is 4.42 Å². The normalized spacial score (nSPS) is 12.8. The van der Waals surface area contributed by atoms with Gasteiger partial charge >= 0.3 is 0 Å². The van der Waals surface area contributed by atoms with Crippen LogP contribution >= 0.6 is 31.9 Å². The topological polar surface area (TPSA) is 25.2 Å². The third-order valence-electron chi connectivity index (χ3n) is 3.87. The minimum Gasteiger partial charge on any atom is -0.452 e. The molecule has 21 heavy (non-hydrogen) atoms. The van der Waals surface area contributed by atoms with Crippen LogP contribution < -0.4 is 5.32 Å². The molecule has 1 unspecified atom stereocenters. The van der Waals surface area contributed by atoms with Crippen molar-refractivity contribution in [3.05, 3.63) is 56.9 Å². The second kappa shape index (κ2) is 8.16. The van der Waals surface area contributed by atoms with Crippen LogP contribution in [0, 0.1) is 5.92 Å². The van der Waals surface area contributed by atoms with Gasteiger partial charge in [-0.05, 0) is 49.4 Å². The van der Waals surface area contributed by atoms with E-state index in [0.717, 1.165) is 34.3 Å². The zero-order valence-electron chi connectivity index (χ0n) is 12.4. The maximum Gasteiger partial charge on any atom is 0.183 e. The van der Waals surface area contributed by atoms with Gasteiger partial charge in [0, 0.05) is 6.04 Å². The Morgan fingerprint density at radius 2 is 1.76 bits per heavy atom. The lowest BCUT2D eigenvalue weighted by atomic mass is 9.89. The number of furan rings is 1. The van der Waals surface area contributed by atoms with Gasteiger partial charge in [0.25, 0.3) is 0 Å². The molecule has 2 rings (SSSR count). The SMILES string of the molecule is CCC(CC)C(NCc1cc(Br)c(Br)o1)c1ccccc1. The molecular formula is C17H21Br2NO. The first-order chi connectivity index (χ1) is 10.2. The molecule has 4 heteroatoms. The minimum absolute atomic E-state index is 0.351. The summed E-state index contributed by atoms with van der Waals surface area (Å²) >= 11 is 6.84. The molecule has 0 spiro atoms. The van der Waals surface area contributed by atoms with Crippen LogP contribution in [0.3, 0.4) is 0 Å². The molecule has 1 heterocycles. The lowest BCUT2D eigenvalue weighted by Crippen LogP contribution is -2.27. The summed E-state index contributed by atoms with van der Waals surface area (Å²) in [5.41, 5.74) is 1.34. The van der Waals surface area contributed by atoms with Crippen LogP contribution in [0.4, 0.5) is 0 Å². The number of benzene rings is 1. The Hall–Kier alpha value is -0.580. The Morgan fingerprint density at radius 1 is 1.10 bits per heavy atom. The molecule has 0 saturated carbocycles. The van der Waals surface area contributed by atoms with E-state index in [1.54, 1.807) is 0 Å². The van der Waals surface area contributed by atoms with E-state index < -0.39 is 0 Å². The second-order valence-corrected chi connectivity index (χ2v) is 6.75. The molecule has 0 bridgehead atoms. The van der Waals surface area contributed by atoms with Gasteiger partial charge in [-0.2, -0.15) is 0 Å². The Bertz CT molecular complexity index is 530. The summed E-state index contributed by atoms with van der Waals surface area (Å²) in [6.45, 7) is 5.23. The van der Waals surface area contributed by atoms with Crippen LogP contribution in [-0.4, -0.2) is 0 Å². The summed E-state index contributed by atoms with van der Waals surface area (Å²) in [6.07, 6.45) is 2.32. The molecule has 0 aliphatic heterocycles. The van der Waals surface area contributed by atoms with E-state index in [0.29, 0.717) is 12.0 Å². The van der Waals surface area contributed by atoms with Crippen molar-refractivity contribution in [1.82, 2.24) is 5.32 Å². The van der Waals surface area contributed by atoms with Crippen LogP contribution in [-0.2, 0) is 6.54 Å². The minimum atomic E-state index is 0.351.